The lowest BCUT2D eigenvalue weighted by Crippen LogP contribution is -2.30. The molecule has 0 spiro atoms. The molecule has 2 aromatic heterocycles. The number of thioether (sulfide) groups is 2. The number of furan rings is 1. The smallest absolute Gasteiger partial charge is 0.230 e. The summed E-state index contributed by atoms with van der Waals surface area (Å²) >= 11 is 2.91. The first-order valence-electron chi connectivity index (χ1n) is 7.49. The quantitative estimate of drug-likeness (QED) is 0.603. The Bertz CT molecular complexity index is 859. The summed E-state index contributed by atoms with van der Waals surface area (Å²) in [6, 6.07) is 3.19. The molecule has 0 bridgehead atoms. The molecule has 2 aliphatic rings. The topological polar surface area (TPSA) is 102 Å². The van der Waals surface area contributed by atoms with Gasteiger partial charge in [-0.15, -0.1) is 22.0 Å². The van der Waals surface area contributed by atoms with E-state index in [1.807, 2.05) is 9.98 Å². The van der Waals surface area contributed by atoms with Crippen LogP contribution < -0.4 is 5.32 Å². The van der Waals surface area contributed by atoms with Crippen molar-refractivity contribution in [2.45, 2.75) is 16.4 Å². The highest BCUT2D eigenvalue weighted by molar-refractivity contribution is 8.03. The molecule has 4 rings (SSSR count). The lowest BCUT2D eigenvalue weighted by molar-refractivity contribution is -0.118. The van der Waals surface area contributed by atoms with Gasteiger partial charge in [0.2, 0.25) is 11.7 Å². The number of carbonyl (C=O) groups is 2. The zero-order valence-electron chi connectivity index (χ0n) is 12.9. The van der Waals surface area contributed by atoms with Crippen LogP contribution in [0.1, 0.15) is 22.3 Å². The molecule has 0 saturated carbocycles. The SMILES string of the molecule is O=C(CSc1nnc2n1C=NC1SC=CC21)NCC(=O)c1ccco1. The van der Waals surface area contributed by atoms with Crippen molar-refractivity contribution >= 4 is 41.6 Å². The molecule has 1 N–H and O–H groups in total. The summed E-state index contributed by atoms with van der Waals surface area (Å²) in [6.07, 6.45) is 5.19. The van der Waals surface area contributed by atoms with Gasteiger partial charge in [-0.3, -0.25) is 19.1 Å². The molecule has 8 nitrogen and oxygen atoms in total. The Labute approximate surface area is 151 Å². The van der Waals surface area contributed by atoms with Crippen molar-refractivity contribution in [2.75, 3.05) is 12.3 Å². The summed E-state index contributed by atoms with van der Waals surface area (Å²) in [5, 5.41) is 13.7. The van der Waals surface area contributed by atoms with Crippen LogP contribution in [0.2, 0.25) is 0 Å². The van der Waals surface area contributed by atoms with E-state index in [1.165, 1.54) is 18.0 Å². The lowest BCUT2D eigenvalue weighted by atomic mass is 10.1. The maximum atomic E-state index is 11.9. The van der Waals surface area contributed by atoms with Crippen LogP contribution in [0.4, 0.5) is 0 Å². The third kappa shape index (κ3) is 3.27. The van der Waals surface area contributed by atoms with Gasteiger partial charge in [-0.2, -0.15) is 0 Å². The van der Waals surface area contributed by atoms with Crippen molar-refractivity contribution in [3.8, 4) is 0 Å². The fourth-order valence-electron chi connectivity index (χ4n) is 2.47. The Kier molecular flexibility index (Phi) is 4.45. The largest absolute Gasteiger partial charge is 0.461 e. The van der Waals surface area contributed by atoms with Crippen molar-refractivity contribution in [1.29, 1.82) is 0 Å². The standard InChI is InChI=1S/C15H13N5O3S2/c21-10(11-2-1-4-23-11)6-16-12(22)7-25-15-19-18-13-9-3-5-24-14(9)17-8-20(13)15/h1-5,8-9,14H,6-7H2,(H,16,22). The van der Waals surface area contributed by atoms with E-state index in [0.29, 0.717) is 5.16 Å². The fraction of sp³-hybridized carbons (Fsp3) is 0.267. The van der Waals surface area contributed by atoms with Crippen LogP contribution in [-0.4, -0.2) is 50.5 Å². The summed E-state index contributed by atoms with van der Waals surface area (Å²) < 4.78 is 6.80. The highest BCUT2D eigenvalue weighted by Gasteiger charge is 2.32. The maximum absolute atomic E-state index is 11.9. The second-order valence-corrected chi connectivity index (χ2v) is 7.29. The third-order valence-corrected chi connectivity index (χ3v) is 5.65. The van der Waals surface area contributed by atoms with Crippen LogP contribution in [0.15, 0.2) is 44.4 Å². The van der Waals surface area contributed by atoms with Crippen molar-refractivity contribution in [3.63, 3.8) is 0 Å². The van der Waals surface area contributed by atoms with E-state index in [1.54, 1.807) is 30.2 Å². The Balaban J connectivity index is 1.32. The highest BCUT2D eigenvalue weighted by atomic mass is 32.2. The molecular formula is C15H13N5O3S2. The molecule has 0 fully saturated rings. The summed E-state index contributed by atoms with van der Waals surface area (Å²) in [5.74, 6) is 0.786. The summed E-state index contributed by atoms with van der Waals surface area (Å²) in [4.78, 5) is 28.2. The molecule has 0 radical (unpaired) electrons. The first-order chi connectivity index (χ1) is 12.2. The number of hydrogen-bond acceptors (Lipinski definition) is 8. The Morgan fingerprint density at radius 2 is 2.32 bits per heavy atom. The number of nitrogens with one attached hydrogen (secondary N) is 1. The molecule has 0 aromatic carbocycles. The average molecular weight is 375 g/mol. The number of fused-ring (bicyclic) bond motifs is 3. The normalized spacial score (nSPS) is 20.3. The zero-order valence-corrected chi connectivity index (χ0v) is 14.5. The molecule has 0 saturated heterocycles. The number of rotatable bonds is 6. The predicted molar refractivity (Wildman–Crippen MR) is 93.9 cm³/mol. The number of aromatic nitrogens is 3. The van der Waals surface area contributed by atoms with Gasteiger partial charge in [-0.1, -0.05) is 17.8 Å². The van der Waals surface area contributed by atoms with Crippen LogP contribution in [0, 0.1) is 0 Å². The number of carbonyl (C=O) groups excluding carboxylic acids is 2. The lowest BCUT2D eigenvalue weighted by Gasteiger charge is -2.18. The minimum absolute atomic E-state index is 0.0991. The van der Waals surface area contributed by atoms with Crippen LogP contribution in [-0.2, 0) is 4.79 Å². The number of hydrogen-bond donors (Lipinski definition) is 1. The molecule has 2 aromatic rings. The maximum Gasteiger partial charge on any atom is 0.230 e. The van der Waals surface area contributed by atoms with Gasteiger partial charge in [0.1, 0.15) is 11.2 Å². The average Bonchev–Trinajstić information content (AvgIpc) is 3.37. The van der Waals surface area contributed by atoms with Gasteiger partial charge in [0, 0.05) is 0 Å². The van der Waals surface area contributed by atoms with Crippen molar-refractivity contribution in [2.24, 2.45) is 4.99 Å². The monoisotopic (exact) mass is 375 g/mol. The first-order valence-corrected chi connectivity index (χ1v) is 9.41. The van der Waals surface area contributed by atoms with E-state index in [4.69, 9.17) is 4.42 Å². The second-order valence-electron chi connectivity index (χ2n) is 5.32. The number of Topliss-reactive ketones (excluding diaryl/α,β-unsaturated/α-hetero) is 1. The van der Waals surface area contributed by atoms with E-state index >= 15 is 0 Å². The fourth-order valence-corrected chi connectivity index (χ4v) is 4.14. The molecule has 2 atom stereocenters. The van der Waals surface area contributed by atoms with E-state index in [0.717, 1.165) is 5.82 Å². The molecule has 25 heavy (non-hydrogen) atoms. The van der Waals surface area contributed by atoms with Gasteiger partial charge in [0.25, 0.3) is 0 Å². The number of aliphatic imine (C=N–C) groups is 1. The molecule has 4 heterocycles. The minimum atomic E-state index is -0.271. The van der Waals surface area contributed by atoms with E-state index in [2.05, 4.69) is 26.6 Å². The number of amides is 1. The van der Waals surface area contributed by atoms with Crippen molar-refractivity contribution in [1.82, 2.24) is 20.1 Å². The van der Waals surface area contributed by atoms with Crippen LogP contribution in [0.25, 0.3) is 0 Å². The van der Waals surface area contributed by atoms with E-state index in [9.17, 15) is 9.59 Å². The first kappa shape index (κ1) is 16.2. The highest BCUT2D eigenvalue weighted by Crippen LogP contribution is 2.39. The van der Waals surface area contributed by atoms with Gasteiger partial charge in [-0.25, -0.2) is 0 Å². The molecule has 128 valence electrons. The van der Waals surface area contributed by atoms with Gasteiger partial charge in [-0.05, 0) is 17.5 Å². The zero-order chi connectivity index (χ0) is 17.2. The molecule has 2 unspecified atom stereocenters. The Morgan fingerprint density at radius 3 is 3.16 bits per heavy atom. The van der Waals surface area contributed by atoms with Gasteiger partial charge >= 0.3 is 0 Å². The Hall–Kier alpha value is -2.33. The summed E-state index contributed by atoms with van der Waals surface area (Å²) in [7, 11) is 0. The molecule has 2 aliphatic heterocycles. The van der Waals surface area contributed by atoms with Crippen LogP contribution in [0.3, 0.4) is 0 Å². The van der Waals surface area contributed by atoms with E-state index in [-0.39, 0.29) is 41.0 Å². The Morgan fingerprint density at radius 1 is 1.40 bits per heavy atom. The summed E-state index contributed by atoms with van der Waals surface area (Å²) in [5.41, 5.74) is 0. The molecule has 1 amide bonds. The molecule has 10 heteroatoms. The van der Waals surface area contributed by atoms with Crippen LogP contribution in [0.5, 0.6) is 0 Å². The van der Waals surface area contributed by atoms with Crippen molar-refractivity contribution in [3.05, 3.63) is 41.5 Å². The van der Waals surface area contributed by atoms with Crippen LogP contribution >= 0.6 is 23.5 Å². The third-order valence-electron chi connectivity index (χ3n) is 3.70. The summed E-state index contributed by atoms with van der Waals surface area (Å²) in [6.45, 7) is -0.0991. The van der Waals surface area contributed by atoms with E-state index < -0.39 is 0 Å². The molecular weight excluding hydrogens is 362 g/mol. The second kappa shape index (κ2) is 6.89. The minimum Gasteiger partial charge on any atom is -0.461 e. The number of ketones is 1. The number of nitrogens with zero attached hydrogens (tertiary/aromatic N) is 4. The molecule has 0 aliphatic carbocycles. The van der Waals surface area contributed by atoms with Gasteiger partial charge < -0.3 is 9.73 Å². The van der Waals surface area contributed by atoms with Gasteiger partial charge in [0.05, 0.1) is 30.8 Å². The van der Waals surface area contributed by atoms with Crippen molar-refractivity contribution < 1.29 is 14.0 Å². The predicted octanol–water partition coefficient (Wildman–Crippen LogP) is 1.52. The van der Waals surface area contributed by atoms with Gasteiger partial charge in [0.15, 0.2) is 10.9 Å².